The van der Waals surface area contributed by atoms with Crippen LogP contribution < -0.4 is 9.21 Å². The van der Waals surface area contributed by atoms with E-state index in [0.717, 1.165) is 17.7 Å². The molecular weight excluding hydrogens is 466 g/mol. The molecule has 1 aromatic heterocycles. The van der Waals surface area contributed by atoms with Gasteiger partial charge in [-0.25, -0.2) is 12.8 Å². The number of hydrogen-bond acceptors (Lipinski definition) is 6. The van der Waals surface area contributed by atoms with Crippen molar-refractivity contribution in [2.75, 3.05) is 22.3 Å². The normalized spacial score (nSPS) is 16.1. The summed E-state index contributed by atoms with van der Waals surface area (Å²) < 4.78 is 33.4. The third-order valence-electron chi connectivity index (χ3n) is 6.33. The second-order valence-corrected chi connectivity index (χ2v) is 12.2. The van der Waals surface area contributed by atoms with E-state index in [4.69, 9.17) is 0 Å². The van der Waals surface area contributed by atoms with Gasteiger partial charge in [0.2, 0.25) is 0 Å². The Hall–Kier alpha value is -2.42. The van der Waals surface area contributed by atoms with Gasteiger partial charge >= 0.3 is 0 Å². The summed E-state index contributed by atoms with van der Waals surface area (Å²) >= 11 is 1.48. The monoisotopic (exact) mass is 499 g/mol. The van der Waals surface area contributed by atoms with Gasteiger partial charge in [0, 0.05) is 47.5 Å². The van der Waals surface area contributed by atoms with Gasteiger partial charge in [-0.05, 0) is 73.1 Å². The average Bonchev–Trinajstić information content (AvgIpc) is 3.23. The minimum Gasteiger partial charge on any atom is -0.388 e. The van der Waals surface area contributed by atoms with Gasteiger partial charge in [-0.1, -0.05) is 32.9 Å². The van der Waals surface area contributed by atoms with Crippen LogP contribution in [0.3, 0.4) is 0 Å². The Morgan fingerprint density at radius 3 is 2.56 bits per heavy atom. The Labute approximate surface area is 207 Å². The number of aryl methyl sites for hydroxylation is 2. The Morgan fingerprint density at radius 1 is 1.21 bits per heavy atom. The average molecular weight is 500 g/mol. The Balaban J connectivity index is 1.70. The van der Waals surface area contributed by atoms with E-state index in [1.165, 1.54) is 26.3 Å². The third-order valence-corrected chi connectivity index (χ3v) is 8.87. The lowest BCUT2D eigenvalue weighted by Gasteiger charge is -2.34. The number of fused-ring (bicyclic) bond motifs is 1. The maximum absolute atomic E-state index is 13.8. The number of sulfonamides is 1. The molecule has 6 nitrogen and oxygen atoms in total. The first-order valence-corrected chi connectivity index (χ1v) is 14.0. The lowest BCUT2D eigenvalue weighted by Crippen LogP contribution is -2.35. The van der Waals surface area contributed by atoms with Gasteiger partial charge in [-0.2, -0.15) is 0 Å². The molecule has 3 aromatic rings. The van der Waals surface area contributed by atoms with Gasteiger partial charge < -0.3 is 10.0 Å². The molecule has 0 fully saturated rings. The summed E-state index contributed by atoms with van der Waals surface area (Å²) in [6.07, 6.45) is 2.65. The number of aromatic nitrogens is 1. The lowest BCUT2D eigenvalue weighted by molar-refractivity contribution is 0.163. The zero-order valence-electron chi connectivity index (χ0n) is 20.2. The zero-order chi connectivity index (χ0) is 24.5. The van der Waals surface area contributed by atoms with Crippen molar-refractivity contribution in [3.8, 4) is 0 Å². The zero-order valence-corrected chi connectivity index (χ0v) is 21.9. The van der Waals surface area contributed by atoms with Crippen molar-refractivity contribution >= 4 is 32.9 Å². The molecule has 1 unspecified atom stereocenters. The van der Waals surface area contributed by atoms with Crippen LogP contribution in [0.5, 0.6) is 0 Å². The standard InChI is InChI=1S/C26H33N3O3S2/c1-5-20-6-8-22(9-7-20)29(16-18(2)3)34(31,32)23-10-11-25-24(14-23)26(30)12-13-28(25)17-21-15-27-33-19(21)4/h6-11,14-15,18,26,30H,5,12-13,16-17H2,1-4H3. The molecule has 182 valence electrons. The summed E-state index contributed by atoms with van der Waals surface area (Å²) in [6.45, 7) is 9.94. The van der Waals surface area contributed by atoms with Crippen LogP contribution in [0.2, 0.25) is 0 Å². The number of rotatable bonds is 8. The lowest BCUT2D eigenvalue weighted by atomic mass is 9.98. The molecule has 0 radical (unpaired) electrons. The first-order chi connectivity index (χ1) is 16.2. The topological polar surface area (TPSA) is 73.7 Å². The molecular formula is C26H33N3O3S2. The predicted molar refractivity (Wildman–Crippen MR) is 139 cm³/mol. The molecule has 0 saturated heterocycles. The van der Waals surface area contributed by atoms with E-state index in [-0.39, 0.29) is 10.8 Å². The molecule has 0 aliphatic carbocycles. The van der Waals surface area contributed by atoms with Crippen LogP contribution >= 0.6 is 11.5 Å². The molecule has 0 spiro atoms. The molecule has 0 bridgehead atoms. The fourth-order valence-corrected chi connectivity index (χ4v) is 6.58. The van der Waals surface area contributed by atoms with Gasteiger partial charge in [0.05, 0.1) is 16.7 Å². The number of aliphatic hydroxyl groups excluding tert-OH is 1. The number of aliphatic hydroxyl groups is 1. The number of benzene rings is 2. The number of anilines is 2. The highest BCUT2D eigenvalue weighted by Gasteiger charge is 2.30. The highest BCUT2D eigenvalue weighted by molar-refractivity contribution is 7.92. The second kappa shape index (κ2) is 10.1. The summed E-state index contributed by atoms with van der Waals surface area (Å²) in [5.74, 6) is 0.154. The van der Waals surface area contributed by atoms with E-state index in [1.807, 2.05) is 50.4 Å². The van der Waals surface area contributed by atoms with Crippen molar-refractivity contribution in [3.05, 3.63) is 70.2 Å². The maximum atomic E-state index is 13.8. The van der Waals surface area contributed by atoms with E-state index in [2.05, 4.69) is 23.1 Å². The molecule has 0 saturated carbocycles. The van der Waals surface area contributed by atoms with Gasteiger partial charge in [-0.15, -0.1) is 0 Å². The van der Waals surface area contributed by atoms with Crippen molar-refractivity contribution in [1.29, 1.82) is 0 Å². The van der Waals surface area contributed by atoms with Crippen LogP contribution in [0.15, 0.2) is 53.6 Å². The summed E-state index contributed by atoms with van der Waals surface area (Å²) in [7, 11) is -3.80. The van der Waals surface area contributed by atoms with Crippen LogP contribution in [0.25, 0.3) is 0 Å². The highest BCUT2D eigenvalue weighted by atomic mass is 32.2. The molecule has 1 atom stereocenters. The quantitative estimate of drug-likeness (QED) is 0.455. The SMILES string of the molecule is CCc1ccc(N(CC(C)C)S(=O)(=O)c2ccc3c(c2)C(O)CCN3Cc2cnsc2C)cc1. The molecule has 4 rings (SSSR count). The van der Waals surface area contributed by atoms with Crippen molar-refractivity contribution in [3.63, 3.8) is 0 Å². The van der Waals surface area contributed by atoms with Gasteiger partial charge in [0.15, 0.2) is 0 Å². The van der Waals surface area contributed by atoms with Crippen molar-refractivity contribution in [1.82, 2.24) is 4.37 Å². The third kappa shape index (κ3) is 4.99. The summed E-state index contributed by atoms with van der Waals surface area (Å²) in [6, 6.07) is 12.9. The van der Waals surface area contributed by atoms with Crippen LogP contribution in [0.4, 0.5) is 11.4 Å². The van der Waals surface area contributed by atoms with Crippen LogP contribution in [-0.2, 0) is 23.0 Å². The molecule has 1 aliphatic heterocycles. The fourth-order valence-electron chi connectivity index (χ4n) is 4.34. The second-order valence-electron chi connectivity index (χ2n) is 9.30. The Morgan fingerprint density at radius 2 is 1.94 bits per heavy atom. The van der Waals surface area contributed by atoms with Crippen LogP contribution in [0.1, 0.15) is 54.9 Å². The fraction of sp³-hybridized carbons (Fsp3) is 0.423. The molecule has 0 amide bonds. The molecule has 1 N–H and O–H groups in total. The van der Waals surface area contributed by atoms with Crippen LogP contribution in [0, 0.1) is 12.8 Å². The Bertz CT molecular complexity index is 1240. The minimum absolute atomic E-state index is 0.154. The van der Waals surface area contributed by atoms with E-state index in [0.29, 0.717) is 37.3 Å². The Kier molecular flexibility index (Phi) is 7.31. The smallest absolute Gasteiger partial charge is 0.264 e. The summed E-state index contributed by atoms with van der Waals surface area (Å²) in [5.41, 5.74) is 4.53. The van der Waals surface area contributed by atoms with Gasteiger partial charge in [-0.3, -0.25) is 4.31 Å². The molecule has 34 heavy (non-hydrogen) atoms. The summed E-state index contributed by atoms with van der Waals surface area (Å²) in [4.78, 5) is 3.58. The van der Waals surface area contributed by atoms with Gasteiger partial charge in [0.1, 0.15) is 0 Å². The summed E-state index contributed by atoms with van der Waals surface area (Å²) in [5, 5.41) is 10.8. The van der Waals surface area contributed by atoms with E-state index in [9.17, 15) is 13.5 Å². The number of nitrogens with zero attached hydrogens (tertiary/aromatic N) is 3. The first-order valence-electron chi connectivity index (χ1n) is 11.8. The van der Waals surface area contributed by atoms with E-state index < -0.39 is 16.1 Å². The van der Waals surface area contributed by atoms with Crippen molar-refractivity contribution in [2.24, 2.45) is 5.92 Å². The molecule has 2 heterocycles. The minimum atomic E-state index is -3.80. The van der Waals surface area contributed by atoms with Crippen molar-refractivity contribution in [2.45, 2.75) is 58.1 Å². The highest BCUT2D eigenvalue weighted by Crippen LogP contribution is 2.37. The predicted octanol–water partition coefficient (Wildman–Crippen LogP) is 5.31. The first kappa shape index (κ1) is 24.7. The molecule has 8 heteroatoms. The molecule has 1 aliphatic rings. The molecule has 2 aromatic carbocycles. The maximum Gasteiger partial charge on any atom is 0.264 e. The van der Waals surface area contributed by atoms with Crippen molar-refractivity contribution < 1.29 is 13.5 Å². The van der Waals surface area contributed by atoms with E-state index in [1.54, 1.807) is 12.1 Å². The van der Waals surface area contributed by atoms with Crippen LogP contribution in [-0.4, -0.2) is 31.0 Å². The van der Waals surface area contributed by atoms with Gasteiger partial charge in [0.25, 0.3) is 10.0 Å². The van der Waals surface area contributed by atoms with E-state index >= 15 is 0 Å². The number of hydrogen-bond donors (Lipinski definition) is 1. The largest absolute Gasteiger partial charge is 0.388 e.